The molecule has 1 atom stereocenters. The van der Waals surface area contributed by atoms with E-state index in [0.717, 1.165) is 34.7 Å². The van der Waals surface area contributed by atoms with Crippen LogP contribution in [0.4, 0.5) is 0 Å². The SMILES string of the molecule is COc1ccc2c3c([nH]c2c1)C(CC1(O)C=C(C)C(=O)C=C1C(C)C)=NCC3. The minimum absolute atomic E-state index is 0.0302. The Kier molecular flexibility index (Phi) is 4.50. The molecule has 5 nitrogen and oxygen atoms in total. The number of carbonyl (C=O) groups excluding carboxylic acids is 1. The maximum atomic E-state index is 12.2. The number of ketones is 1. The zero-order chi connectivity index (χ0) is 20.1. The summed E-state index contributed by atoms with van der Waals surface area (Å²) in [5.41, 5.74) is 4.19. The number of allylic oxidation sites excluding steroid dienone is 2. The normalized spacial score (nSPS) is 22.1. The van der Waals surface area contributed by atoms with Gasteiger partial charge in [-0.25, -0.2) is 0 Å². The molecule has 1 unspecified atom stereocenters. The van der Waals surface area contributed by atoms with Crippen molar-refractivity contribution in [3.63, 3.8) is 0 Å². The number of hydrogen-bond acceptors (Lipinski definition) is 4. The van der Waals surface area contributed by atoms with Gasteiger partial charge in [0.1, 0.15) is 11.4 Å². The number of carbonyl (C=O) groups is 1. The highest BCUT2D eigenvalue weighted by atomic mass is 16.5. The average molecular weight is 378 g/mol. The molecule has 4 rings (SSSR count). The Balaban J connectivity index is 1.76. The van der Waals surface area contributed by atoms with Gasteiger partial charge in [-0.1, -0.05) is 13.8 Å². The number of methoxy groups -OCH3 is 1. The average Bonchev–Trinajstić information content (AvgIpc) is 3.03. The van der Waals surface area contributed by atoms with Gasteiger partial charge in [0.15, 0.2) is 5.78 Å². The number of benzene rings is 1. The van der Waals surface area contributed by atoms with Crippen molar-refractivity contribution in [3.05, 3.63) is 52.8 Å². The molecule has 0 fully saturated rings. The minimum atomic E-state index is -1.20. The maximum absolute atomic E-state index is 12.2. The summed E-state index contributed by atoms with van der Waals surface area (Å²) in [6.07, 6.45) is 4.51. The molecule has 0 radical (unpaired) electrons. The van der Waals surface area contributed by atoms with Crippen LogP contribution >= 0.6 is 0 Å². The number of fused-ring (bicyclic) bond motifs is 3. The first kappa shape index (κ1) is 18.7. The Hall–Kier alpha value is -2.66. The summed E-state index contributed by atoms with van der Waals surface area (Å²) >= 11 is 0. The molecule has 2 heterocycles. The summed E-state index contributed by atoms with van der Waals surface area (Å²) in [4.78, 5) is 20.4. The van der Waals surface area contributed by atoms with Gasteiger partial charge < -0.3 is 14.8 Å². The first-order chi connectivity index (χ1) is 13.3. The molecule has 28 heavy (non-hydrogen) atoms. The largest absolute Gasteiger partial charge is 0.497 e. The van der Waals surface area contributed by atoms with Gasteiger partial charge in [0.05, 0.1) is 18.5 Å². The molecular formula is C23H26N2O3. The number of H-pyrrole nitrogens is 1. The van der Waals surface area contributed by atoms with E-state index in [1.165, 1.54) is 10.9 Å². The van der Waals surface area contributed by atoms with Gasteiger partial charge in [-0.2, -0.15) is 0 Å². The van der Waals surface area contributed by atoms with Gasteiger partial charge in [-0.05, 0) is 60.3 Å². The zero-order valence-corrected chi connectivity index (χ0v) is 16.8. The van der Waals surface area contributed by atoms with E-state index < -0.39 is 5.60 Å². The van der Waals surface area contributed by atoms with Crippen molar-refractivity contribution < 1.29 is 14.6 Å². The monoisotopic (exact) mass is 378 g/mol. The van der Waals surface area contributed by atoms with Crippen LogP contribution in [-0.2, 0) is 11.2 Å². The number of aliphatic hydroxyl groups is 1. The van der Waals surface area contributed by atoms with Gasteiger partial charge >= 0.3 is 0 Å². The second kappa shape index (κ2) is 6.74. The predicted octanol–water partition coefficient (Wildman–Crippen LogP) is 3.75. The molecule has 0 saturated heterocycles. The number of nitrogens with zero attached hydrogens (tertiary/aromatic N) is 1. The smallest absolute Gasteiger partial charge is 0.181 e. The molecule has 2 aliphatic rings. The van der Waals surface area contributed by atoms with E-state index in [1.807, 2.05) is 26.0 Å². The lowest BCUT2D eigenvalue weighted by Gasteiger charge is -2.34. The second-order valence-electron chi connectivity index (χ2n) is 8.02. The third-order valence-electron chi connectivity index (χ3n) is 5.76. The van der Waals surface area contributed by atoms with Crippen LogP contribution in [0.1, 0.15) is 38.4 Å². The Labute approximate surface area is 164 Å². The lowest BCUT2D eigenvalue weighted by atomic mass is 9.76. The fourth-order valence-corrected chi connectivity index (χ4v) is 4.36. The van der Waals surface area contributed by atoms with E-state index in [2.05, 4.69) is 11.1 Å². The molecule has 146 valence electrons. The first-order valence-electron chi connectivity index (χ1n) is 9.73. The lowest BCUT2D eigenvalue weighted by Crippen LogP contribution is -2.38. The minimum Gasteiger partial charge on any atom is -0.497 e. The summed E-state index contributed by atoms with van der Waals surface area (Å²) in [6.45, 7) is 6.45. The molecule has 5 heteroatoms. The molecule has 0 spiro atoms. The molecule has 1 aliphatic heterocycles. The molecule has 2 N–H and O–H groups in total. The third kappa shape index (κ3) is 3.00. The van der Waals surface area contributed by atoms with Gasteiger partial charge in [-0.15, -0.1) is 0 Å². The van der Waals surface area contributed by atoms with Crippen molar-refractivity contribution in [2.45, 2.75) is 39.2 Å². The van der Waals surface area contributed by atoms with Crippen molar-refractivity contribution in [3.8, 4) is 5.75 Å². The molecule has 1 aromatic heterocycles. The third-order valence-corrected chi connectivity index (χ3v) is 5.76. The number of aliphatic imine (C=N–C) groups is 1. The Bertz CT molecular complexity index is 1060. The highest BCUT2D eigenvalue weighted by molar-refractivity contribution is 6.09. The molecule has 2 aromatic rings. The van der Waals surface area contributed by atoms with Crippen LogP contribution in [-0.4, -0.2) is 40.8 Å². The first-order valence-corrected chi connectivity index (χ1v) is 9.73. The van der Waals surface area contributed by atoms with Gasteiger partial charge in [0.25, 0.3) is 0 Å². The number of rotatable bonds is 4. The summed E-state index contributed by atoms with van der Waals surface area (Å²) in [7, 11) is 1.66. The summed E-state index contributed by atoms with van der Waals surface area (Å²) in [5.74, 6) is 0.837. The fraction of sp³-hybridized carbons (Fsp3) is 0.391. The standard InChI is InChI=1S/C23H26N2O3/c1-13(2)18-10-21(26)14(3)11-23(18,27)12-20-22-17(7-8-24-20)16-6-5-15(28-4)9-19(16)25-22/h5-6,9-11,13,25,27H,7-8,12H2,1-4H3. The van der Waals surface area contributed by atoms with Crippen LogP contribution in [0.15, 0.2) is 46.5 Å². The van der Waals surface area contributed by atoms with Crippen LogP contribution in [0.25, 0.3) is 10.9 Å². The predicted molar refractivity (Wildman–Crippen MR) is 111 cm³/mol. The van der Waals surface area contributed by atoms with E-state index in [-0.39, 0.29) is 11.7 Å². The highest BCUT2D eigenvalue weighted by Gasteiger charge is 2.38. The van der Waals surface area contributed by atoms with Crippen molar-refractivity contribution in [1.82, 2.24) is 4.98 Å². The van der Waals surface area contributed by atoms with Crippen LogP contribution in [0.2, 0.25) is 0 Å². The van der Waals surface area contributed by atoms with E-state index in [4.69, 9.17) is 9.73 Å². The summed E-state index contributed by atoms with van der Waals surface area (Å²) < 4.78 is 5.34. The fourth-order valence-electron chi connectivity index (χ4n) is 4.36. The van der Waals surface area contributed by atoms with Crippen molar-refractivity contribution >= 4 is 22.4 Å². The number of aromatic nitrogens is 1. The maximum Gasteiger partial charge on any atom is 0.181 e. The van der Waals surface area contributed by atoms with Crippen LogP contribution in [0.5, 0.6) is 5.75 Å². The quantitative estimate of drug-likeness (QED) is 0.851. The number of aromatic amines is 1. The van der Waals surface area contributed by atoms with Gasteiger partial charge in [0.2, 0.25) is 0 Å². The Morgan fingerprint density at radius 3 is 2.86 bits per heavy atom. The van der Waals surface area contributed by atoms with Crippen molar-refractivity contribution in [1.29, 1.82) is 0 Å². The van der Waals surface area contributed by atoms with Crippen molar-refractivity contribution in [2.75, 3.05) is 13.7 Å². The van der Waals surface area contributed by atoms with E-state index >= 15 is 0 Å². The number of ether oxygens (including phenoxy) is 1. The van der Waals surface area contributed by atoms with Gasteiger partial charge in [0, 0.05) is 29.9 Å². The number of nitrogens with one attached hydrogen (secondary N) is 1. The van der Waals surface area contributed by atoms with Crippen LogP contribution in [0, 0.1) is 5.92 Å². The molecule has 0 amide bonds. The van der Waals surface area contributed by atoms with E-state index in [0.29, 0.717) is 18.5 Å². The zero-order valence-electron chi connectivity index (χ0n) is 16.8. The summed E-state index contributed by atoms with van der Waals surface area (Å²) in [5, 5.41) is 12.7. The Morgan fingerprint density at radius 1 is 1.36 bits per heavy atom. The molecule has 0 bridgehead atoms. The highest BCUT2D eigenvalue weighted by Crippen LogP contribution is 2.37. The topological polar surface area (TPSA) is 74.7 Å². The molecular weight excluding hydrogens is 352 g/mol. The second-order valence-corrected chi connectivity index (χ2v) is 8.02. The summed E-state index contributed by atoms with van der Waals surface area (Å²) in [6, 6.07) is 6.03. The van der Waals surface area contributed by atoms with Crippen LogP contribution in [0.3, 0.4) is 0 Å². The Morgan fingerprint density at radius 2 is 2.14 bits per heavy atom. The lowest BCUT2D eigenvalue weighted by molar-refractivity contribution is -0.111. The molecule has 1 aliphatic carbocycles. The van der Waals surface area contributed by atoms with Crippen LogP contribution < -0.4 is 4.74 Å². The molecule has 1 aromatic carbocycles. The van der Waals surface area contributed by atoms with Crippen molar-refractivity contribution in [2.24, 2.45) is 10.9 Å². The molecule has 0 saturated carbocycles. The van der Waals surface area contributed by atoms with E-state index in [9.17, 15) is 9.90 Å². The number of hydrogen-bond donors (Lipinski definition) is 2. The van der Waals surface area contributed by atoms with Gasteiger partial charge in [-0.3, -0.25) is 9.79 Å². The van der Waals surface area contributed by atoms with E-state index in [1.54, 1.807) is 26.2 Å².